The van der Waals surface area contributed by atoms with Crippen LogP contribution in [-0.2, 0) is 16.6 Å². The topological polar surface area (TPSA) is 66.5 Å². The highest BCUT2D eigenvalue weighted by atomic mass is 32.2. The number of nitrogens with one attached hydrogen (secondary N) is 1. The third-order valence-corrected chi connectivity index (χ3v) is 5.59. The lowest BCUT2D eigenvalue weighted by Gasteiger charge is -2.17. The molecule has 134 valence electrons. The first-order valence-corrected chi connectivity index (χ1v) is 9.57. The number of nitrogens with zero attached hydrogens (tertiary/aromatic N) is 1. The summed E-state index contributed by atoms with van der Waals surface area (Å²) in [6.45, 7) is 5.95. The average Bonchev–Trinajstić information content (AvgIpc) is 2.55. The molecule has 0 heterocycles. The molecule has 0 aliphatic rings. The molecule has 2 aromatic rings. The predicted octanol–water partition coefficient (Wildman–Crippen LogP) is 2.95. The van der Waals surface area contributed by atoms with Gasteiger partial charge in [-0.05, 0) is 50.6 Å². The van der Waals surface area contributed by atoms with Gasteiger partial charge >= 0.3 is 0 Å². The zero-order chi connectivity index (χ0) is 18.6. The van der Waals surface area contributed by atoms with E-state index in [0.717, 1.165) is 11.1 Å². The summed E-state index contributed by atoms with van der Waals surface area (Å²) in [5.41, 5.74) is 2.39. The molecular formula is C19H24N2O3S. The van der Waals surface area contributed by atoms with Crippen molar-refractivity contribution >= 4 is 15.9 Å². The largest absolute Gasteiger partial charge is 0.350 e. The van der Waals surface area contributed by atoms with Gasteiger partial charge in [0.15, 0.2) is 0 Å². The summed E-state index contributed by atoms with van der Waals surface area (Å²) < 4.78 is 26.5. The van der Waals surface area contributed by atoms with Crippen LogP contribution < -0.4 is 5.32 Å². The van der Waals surface area contributed by atoms with Crippen LogP contribution >= 0.6 is 0 Å². The van der Waals surface area contributed by atoms with Crippen molar-refractivity contribution < 1.29 is 13.2 Å². The standard InChI is InChI=1S/C19H24N2O3S/c1-14(2)20-19(22)17-9-7-16(8-10-17)13-21(4)25(23,24)18-11-5-15(3)6-12-18/h5-12,14H,13H2,1-4H3,(H,20,22). The van der Waals surface area contributed by atoms with E-state index in [0.29, 0.717) is 5.56 Å². The van der Waals surface area contributed by atoms with Gasteiger partial charge in [0, 0.05) is 25.2 Å². The molecule has 0 bridgehead atoms. The second-order valence-corrected chi connectivity index (χ2v) is 8.44. The maximum atomic E-state index is 12.6. The van der Waals surface area contributed by atoms with Crippen LogP contribution in [-0.4, -0.2) is 31.7 Å². The number of hydrogen-bond donors (Lipinski definition) is 1. The molecule has 0 aromatic heterocycles. The van der Waals surface area contributed by atoms with E-state index in [1.165, 1.54) is 4.31 Å². The van der Waals surface area contributed by atoms with Crippen LogP contribution in [0.2, 0.25) is 0 Å². The highest BCUT2D eigenvalue weighted by molar-refractivity contribution is 7.89. The molecule has 0 atom stereocenters. The third kappa shape index (κ3) is 4.90. The van der Waals surface area contributed by atoms with Crippen LogP contribution in [0.15, 0.2) is 53.4 Å². The van der Waals surface area contributed by atoms with Crippen molar-refractivity contribution in [2.45, 2.75) is 38.3 Å². The van der Waals surface area contributed by atoms with E-state index in [-0.39, 0.29) is 23.4 Å². The van der Waals surface area contributed by atoms with E-state index in [1.807, 2.05) is 20.8 Å². The fraction of sp³-hybridized carbons (Fsp3) is 0.316. The molecular weight excluding hydrogens is 336 g/mol. The van der Waals surface area contributed by atoms with Gasteiger partial charge < -0.3 is 5.32 Å². The van der Waals surface area contributed by atoms with Gasteiger partial charge in [0.25, 0.3) is 5.91 Å². The fourth-order valence-electron chi connectivity index (χ4n) is 2.34. The summed E-state index contributed by atoms with van der Waals surface area (Å²) in [7, 11) is -1.99. The van der Waals surface area contributed by atoms with E-state index in [4.69, 9.17) is 0 Å². The summed E-state index contributed by atoms with van der Waals surface area (Å²) in [6, 6.07) is 13.8. The van der Waals surface area contributed by atoms with Gasteiger partial charge in [-0.25, -0.2) is 8.42 Å². The van der Waals surface area contributed by atoms with Crippen molar-refractivity contribution in [2.75, 3.05) is 7.05 Å². The van der Waals surface area contributed by atoms with Gasteiger partial charge in [-0.15, -0.1) is 0 Å². The Bertz CT molecular complexity index is 826. The Morgan fingerprint density at radius 3 is 2.12 bits per heavy atom. The number of hydrogen-bond acceptors (Lipinski definition) is 3. The first-order valence-electron chi connectivity index (χ1n) is 8.13. The van der Waals surface area contributed by atoms with E-state index >= 15 is 0 Å². The molecule has 0 radical (unpaired) electrons. The van der Waals surface area contributed by atoms with Crippen LogP contribution in [0.5, 0.6) is 0 Å². The van der Waals surface area contributed by atoms with Crippen molar-refractivity contribution in [3.63, 3.8) is 0 Å². The lowest BCUT2D eigenvalue weighted by molar-refractivity contribution is 0.0943. The lowest BCUT2D eigenvalue weighted by atomic mass is 10.1. The van der Waals surface area contributed by atoms with Gasteiger partial charge in [0.1, 0.15) is 0 Å². The van der Waals surface area contributed by atoms with Crippen molar-refractivity contribution in [1.29, 1.82) is 0 Å². The second kappa shape index (κ2) is 7.80. The van der Waals surface area contributed by atoms with Crippen LogP contribution in [0.1, 0.15) is 35.3 Å². The minimum absolute atomic E-state index is 0.0676. The number of aryl methyl sites for hydroxylation is 1. The van der Waals surface area contributed by atoms with Gasteiger partial charge in [-0.3, -0.25) is 4.79 Å². The van der Waals surface area contributed by atoms with Crippen molar-refractivity contribution in [3.8, 4) is 0 Å². The Balaban J connectivity index is 2.11. The molecule has 0 aliphatic carbocycles. The molecule has 0 spiro atoms. The summed E-state index contributed by atoms with van der Waals surface area (Å²) in [5, 5.41) is 2.82. The number of carbonyl (C=O) groups is 1. The number of carbonyl (C=O) groups excluding carboxylic acids is 1. The number of benzene rings is 2. The number of sulfonamides is 1. The molecule has 0 saturated carbocycles. The molecule has 0 saturated heterocycles. The molecule has 25 heavy (non-hydrogen) atoms. The fourth-order valence-corrected chi connectivity index (χ4v) is 3.50. The highest BCUT2D eigenvalue weighted by Crippen LogP contribution is 2.17. The summed E-state index contributed by atoms with van der Waals surface area (Å²) >= 11 is 0. The lowest BCUT2D eigenvalue weighted by Crippen LogP contribution is -2.30. The van der Waals surface area contributed by atoms with Gasteiger partial charge in [-0.1, -0.05) is 29.8 Å². The van der Waals surface area contributed by atoms with Crippen molar-refractivity contribution in [3.05, 3.63) is 65.2 Å². The smallest absolute Gasteiger partial charge is 0.251 e. The normalized spacial score (nSPS) is 11.8. The quantitative estimate of drug-likeness (QED) is 0.861. The molecule has 5 nitrogen and oxygen atoms in total. The maximum absolute atomic E-state index is 12.6. The zero-order valence-corrected chi connectivity index (χ0v) is 15.8. The van der Waals surface area contributed by atoms with Gasteiger partial charge in [-0.2, -0.15) is 4.31 Å². The maximum Gasteiger partial charge on any atom is 0.251 e. The first kappa shape index (κ1) is 19.1. The Morgan fingerprint density at radius 1 is 1.04 bits per heavy atom. The predicted molar refractivity (Wildman–Crippen MR) is 98.9 cm³/mol. The molecule has 1 N–H and O–H groups in total. The van der Waals surface area contributed by atoms with Crippen molar-refractivity contribution in [1.82, 2.24) is 9.62 Å². The first-order chi connectivity index (χ1) is 11.7. The summed E-state index contributed by atoms with van der Waals surface area (Å²) in [5.74, 6) is -0.137. The van der Waals surface area contributed by atoms with Crippen LogP contribution in [0, 0.1) is 6.92 Å². The molecule has 0 aliphatic heterocycles. The number of amides is 1. The average molecular weight is 360 g/mol. The summed E-state index contributed by atoms with van der Waals surface area (Å²) in [6.07, 6.45) is 0. The summed E-state index contributed by atoms with van der Waals surface area (Å²) in [4.78, 5) is 12.2. The van der Waals surface area contributed by atoms with E-state index in [2.05, 4.69) is 5.32 Å². The molecule has 2 rings (SSSR count). The van der Waals surface area contributed by atoms with E-state index < -0.39 is 10.0 Å². The Labute approximate surface area is 149 Å². The Morgan fingerprint density at radius 2 is 1.60 bits per heavy atom. The SMILES string of the molecule is Cc1ccc(S(=O)(=O)N(C)Cc2ccc(C(=O)NC(C)C)cc2)cc1. The second-order valence-electron chi connectivity index (χ2n) is 6.40. The Kier molecular flexibility index (Phi) is 5.98. The zero-order valence-electron chi connectivity index (χ0n) is 15.0. The molecule has 1 amide bonds. The Hall–Kier alpha value is -2.18. The van der Waals surface area contributed by atoms with Gasteiger partial charge in [0.05, 0.1) is 4.90 Å². The van der Waals surface area contributed by atoms with Crippen LogP contribution in [0.3, 0.4) is 0 Å². The molecule has 0 fully saturated rings. The minimum Gasteiger partial charge on any atom is -0.350 e. The molecule has 2 aromatic carbocycles. The third-order valence-electron chi connectivity index (χ3n) is 3.77. The van der Waals surface area contributed by atoms with Crippen LogP contribution in [0.25, 0.3) is 0 Å². The number of rotatable bonds is 6. The van der Waals surface area contributed by atoms with E-state index in [1.54, 1.807) is 55.6 Å². The van der Waals surface area contributed by atoms with Crippen molar-refractivity contribution in [2.24, 2.45) is 0 Å². The molecule has 6 heteroatoms. The minimum atomic E-state index is -3.54. The molecule has 0 unspecified atom stereocenters. The van der Waals surface area contributed by atoms with E-state index in [9.17, 15) is 13.2 Å². The van der Waals surface area contributed by atoms with Crippen LogP contribution in [0.4, 0.5) is 0 Å². The van der Waals surface area contributed by atoms with Gasteiger partial charge in [0.2, 0.25) is 10.0 Å². The monoisotopic (exact) mass is 360 g/mol. The highest BCUT2D eigenvalue weighted by Gasteiger charge is 2.20.